The minimum Gasteiger partial charge on any atom is -0.459 e. The Balaban J connectivity index is 1.61. The number of thiophene rings is 1. The average molecular weight is 472 g/mol. The summed E-state index contributed by atoms with van der Waals surface area (Å²) < 4.78 is 10.4. The van der Waals surface area contributed by atoms with Crippen LogP contribution < -0.4 is 0 Å². The lowest BCUT2D eigenvalue weighted by Crippen LogP contribution is -2.42. The molecule has 0 saturated heterocycles. The van der Waals surface area contributed by atoms with E-state index in [0.29, 0.717) is 11.4 Å². The molecule has 0 radical (unpaired) electrons. The molecular formula is C23H22ClN3O4S. The Bertz CT molecular complexity index is 1100. The predicted molar refractivity (Wildman–Crippen MR) is 123 cm³/mol. The van der Waals surface area contributed by atoms with Crippen molar-refractivity contribution in [2.24, 2.45) is 5.10 Å². The number of carbonyl (C=O) groups is 2. The van der Waals surface area contributed by atoms with Gasteiger partial charge in [0.1, 0.15) is 6.54 Å². The number of halogens is 1. The van der Waals surface area contributed by atoms with Gasteiger partial charge in [-0.05, 0) is 35.2 Å². The summed E-state index contributed by atoms with van der Waals surface area (Å²) in [5.74, 6) is -0.519. The normalized spacial score (nSPS) is 15.6. The van der Waals surface area contributed by atoms with Crippen molar-refractivity contribution in [3.05, 3.63) is 81.4 Å². The molecule has 0 spiro atoms. The molecule has 1 aliphatic heterocycles. The van der Waals surface area contributed by atoms with Crippen LogP contribution in [-0.2, 0) is 9.53 Å². The number of nitrogens with zero attached hydrogens (tertiary/aromatic N) is 3. The Morgan fingerprint density at radius 1 is 1.25 bits per heavy atom. The monoisotopic (exact) mass is 471 g/mol. The minimum atomic E-state index is -0.378. The van der Waals surface area contributed by atoms with Crippen molar-refractivity contribution >= 4 is 40.5 Å². The molecule has 0 fully saturated rings. The molecule has 166 valence electrons. The first kappa shape index (κ1) is 22.3. The van der Waals surface area contributed by atoms with Crippen LogP contribution in [-0.4, -0.2) is 54.2 Å². The molecule has 3 aromatic rings. The zero-order valence-corrected chi connectivity index (χ0v) is 19.0. The van der Waals surface area contributed by atoms with Gasteiger partial charge in [-0.15, -0.1) is 11.3 Å². The molecule has 1 aromatic carbocycles. The van der Waals surface area contributed by atoms with Crippen LogP contribution in [0.3, 0.4) is 0 Å². The van der Waals surface area contributed by atoms with Crippen LogP contribution in [0.15, 0.2) is 69.7 Å². The van der Waals surface area contributed by atoms with Crippen LogP contribution in [0.4, 0.5) is 0 Å². The number of furan rings is 1. The third-order valence-electron chi connectivity index (χ3n) is 5.15. The molecule has 0 N–H and O–H groups in total. The summed E-state index contributed by atoms with van der Waals surface area (Å²) in [6, 6.07) is 14.2. The topological polar surface area (TPSA) is 75.3 Å². The van der Waals surface area contributed by atoms with Crippen LogP contribution in [0, 0.1) is 0 Å². The lowest BCUT2D eigenvalue weighted by atomic mass is 10.0. The van der Waals surface area contributed by atoms with E-state index in [4.69, 9.17) is 20.8 Å². The fourth-order valence-corrected chi connectivity index (χ4v) is 4.55. The van der Waals surface area contributed by atoms with Gasteiger partial charge in [-0.3, -0.25) is 9.59 Å². The lowest BCUT2D eigenvalue weighted by molar-refractivity contribution is -0.133. The lowest BCUT2D eigenvalue weighted by Gasteiger charge is -2.26. The number of ether oxygens (including phenoxy) is 1. The summed E-state index contributed by atoms with van der Waals surface area (Å²) in [7, 11) is 1.54. The average Bonchev–Trinajstić information content (AvgIpc) is 3.57. The van der Waals surface area contributed by atoms with E-state index in [1.165, 1.54) is 16.2 Å². The van der Waals surface area contributed by atoms with E-state index in [1.54, 1.807) is 36.6 Å². The van der Waals surface area contributed by atoms with Crippen LogP contribution in [0.1, 0.15) is 33.5 Å². The van der Waals surface area contributed by atoms with E-state index in [-0.39, 0.29) is 43.3 Å². The molecule has 32 heavy (non-hydrogen) atoms. The highest BCUT2D eigenvalue weighted by Gasteiger charge is 2.35. The molecule has 0 saturated carbocycles. The quantitative estimate of drug-likeness (QED) is 0.486. The molecule has 2 aromatic heterocycles. The first-order valence-electron chi connectivity index (χ1n) is 10.1. The fourth-order valence-electron chi connectivity index (χ4n) is 3.57. The largest absolute Gasteiger partial charge is 0.459 e. The highest BCUT2D eigenvalue weighted by atomic mass is 35.5. The van der Waals surface area contributed by atoms with E-state index in [0.717, 1.165) is 16.2 Å². The van der Waals surface area contributed by atoms with Crippen molar-refractivity contribution in [1.29, 1.82) is 0 Å². The standard InChI is InChI=1S/C23H22ClN3O4S/c1-30-12-10-26(23(29)20-8-4-11-31-20)15-22(28)27-19(16-6-2-3-7-17(16)24)14-18(25-27)21-9-5-13-32-21/h2-9,11,13,19H,10,12,14-15H2,1H3/t19-/m1/s1. The number of methoxy groups -OCH3 is 1. The second-order valence-electron chi connectivity index (χ2n) is 7.20. The van der Waals surface area contributed by atoms with Crippen molar-refractivity contribution in [1.82, 2.24) is 9.91 Å². The molecule has 0 unspecified atom stereocenters. The maximum atomic E-state index is 13.4. The van der Waals surface area contributed by atoms with Gasteiger partial charge < -0.3 is 14.1 Å². The third kappa shape index (κ3) is 4.77. The van der Waals surface area contributed by atoms with Crippen LogP contribution in [0.2, 0.25) is 5.02 Å². The highest BCUT2D eigenvalue weighted by molar-refractivity contribution is 7.12. The second-order valence-corrected chi connectivity index (χ2v) is 8.56. The zero-order valence-electron chi connectivity index (χ0n) is 17.4. The number of rotatable bonds is 8. The molecule has 1 aliphatic rings. The smallest absolute Gasteiger partial charge is 0.290 e. The highest BCUT2D eigenvalue weighted by Crippen LogP contribution is 2.37. The molecule has 2 amide bonds. The van der Waals surface area contributed by atoms with Gasteiger partial charge in [0.25, 0.3) is 11.8 Å². The molecule has 0 aliphatic carbocycles. The molecule has 7 nitrogen and oxygen atoms in total. The summed E-state index contributed by atoms with van der Waals surface area (Å²) in [5.41, 5.74) is 1.64. The van der Waals surface area contributed by atoms with Gasteiger partial charge in [0.2, 0.25) is 0 Å². The number of hydrogen-bond acceptors (Lipinski definition) is 6. The summed E-state index contributed by atoms with van der Waals surface area (Å²) in [4.78, 5) is 28.7. The second kappa shape index (κ2) is 10.1. The number of hydrazone groups is 1. The van der Waals surface area contributed by atoms with Gasteiger partial charge in [0.05, 0.1) is 29.5 Å². The zero-order chi connectivity index (χ0) is 22.5. The summed E-state index contributed by atoms with van der Waals surface area (Å²) in [6.45, 7) is 0.371. The van der Waals surface area contributed by atoms with Gasteiger partial charge in [-0.25, -0.2) is 5.01 Å². The van der Waals surface area contributed by atoms with Crippen molar-refractivity contribution < 1.29 is 18.7 Å². The summed E-state index contributed by atoms with van der Waals surface area (Å²) in [5, 5.41) is 8.64. The van der Waals surface area contributed by atoms with E-state index in [2.05, 4.69) is 5.10 Å². The molecular weight excluding hydrogens is 450 g/mol. The van der Waals surface area contributed by atoms with E-state index in [1.807, 2.05) is 35.7 Å². The Kier molecular flexibility index (Phi) is 7.04. The van der Waals surface area contributed by atoms with Gasteiger partial charge in [0, 0.05) is 25.1 Å². The molecule has 3 heterocycles. The van der Waals surface area contributed by atoms with Crippen molar-refractivity contribution in [3.8, 4) is 0 Å². The molecule has 1 atom stereocenters. The van der Waals surface area contributed by atoms with Gasteiger partial charge >= 0.3 is 0 Å². The third-order valence-corrected chi connectivity index (χ3v) is 6.41. The van der Waals surface area contributed by atoms with Crippen molar-refractivity contribution in [3.63, 3.8) is 0 Å². The minimum absolute atomic E-state index is 0.162. The van der Waals surface area contributed by atoms with Gasteiger partial charge in [-0.1, -0.05) is 35.9 Å². The van der Waals surface area contributed by atoms with Crippen LogP contribution in [0.25, 0.3) is 0 Å². The van der Waals surface area contributed by atoms with Crippen LogP contribution in [0.5, 0.6) is 0 Å². The Labute approximate surface area is 194 Å². The Hall–Kier alpha value is -2.94. The SMILES string of the molecule is COCCN(CC(=O)N1N=C(c2cccs2)C[C@@H]1c1ccccc1Cl)C(=O)c1ccco1. The van der Waals surface area contributed by atoms with E-state index < -0.39 is 0 Å². The van der Waals surface area contributed by atoms with Gasteiger partial charge in [-0.2, -0.15) is 5.10 Å². The maximum absolute atomic E-state index is 13.4. The number of hydrogen-bond donors (Lipinski definition) is 0. The number of benzene rings is 1. The Morgan fingerprint density at radius 3 is 2.78 bits per heavy atom. The molecule has 0 bridgehead atoms. The predicted octanol–water partition coefficient (Wildman–Crippen LogP) is 4.46. The number of carbonyl (C=O) groups excluding carboxylic acids is 2. The van der Waals surface area contributed by atoms with Crippen molar-refractivity contribution in [2.45, 2.75) is 12.5 Å². The first-order chi connectivity index (χ1) is 15.6. The molecule has 9 heteroatoms. The molecule has 4 rings (SSSR count). The fraction of sp³-hybridized carbons (Fsp3) is 0.261. The summed E-state index contributed by atoms with van der Waals surface area (Å²) >= 11 is 8.03. The first-order valence-corrected chi connectivity index (χ1v) is 11.3. The van der Waals surface area contributed by atoms with Crippen LogP contribution >= 0.6 is 22.9 Å². The van der Waals surface area contributed by atoms with Crippen molar-refractivity contribution in [2.75, 3.05) is 26.8 Å². The summed E-state index contributed by atoms with van der Waals surface area (Å²) in [6.07, 6.45) is 1.97. The maximum Gasteiger partial charge on any atom is 0.290 e. The Morgan fingerprint density at radius 2 is 2.09 bits per heavy atom. The van der Waals surface area contributed by atoms with E-state index in [9.17, 15) is 9.59 Å². The van der Waals surface area contributed by atoms with E-state index >= 15 is 0 Å². The van der Waals surface area contributed by atoms with Gasteiger partial charge in [0.15, 0.2) is 5.76 Å². The number of amides is 2.